The third-order valence-electron chi connectivity index (χ3n) is 2.83. The predicted molar refractivity (Wildman–Crippen MR) is 79.3 cm³/mol. The van der Waals surface area contributed by atoms with Gasteiger partial charge in [-0.15, -0.1) is 0 Å². The number of rotatable bonds is 5. The van der Waals surface area contributed by atoms with Crippen LogP contribution in [0.2, 0.25) is 0 Å². The molecule has 18 heavy (non-hydrogen) atoms. The van der Waals surface area contributed by atoms with Gasteiger partial charge in [-0.1, -0.05) is 43.6 Å². The third kappa shape index (κ3) is 5.49. The Morgan fingerprint density at radius 3 is 2.56 bits per heavy atom. The molecular weight excluding hydrogens is 293 g/mol. The summed E-state index contributed by atoms with van der Waals surface area (Å²) in [6.45, 7) is 9.75. The van der Waals surface area contributed by atoms with Crippen LogP contribution in [0, 0.1) is 11.2 Å². The Kier molecular flexibility index (Phi) is 5.80. The highest BCUT2D eigenvalue weighted by molar-refractivity contribution is 9.10. The van der Waals surface area contributed by atoms with E-state index in [0.717, 1.165) is 29.4 Å². The topological polar surface area (TPSA) is 12.0 Å². The van der Waals surface area contributed by atoms with Crippen LogP contribution in [0.3, 0.4) is 0 Å². The summed E-state index contributed by atoms with van der Waals surface area (Å²) in [5, 5.41) is 3.49. The number of likely N-dealkylation sites (N-methyl/N-ethyl adjacent to an activating group) is 1. The van der Waals surface area contributed by atoms with Gasteiger partial charge in [0, 0.05) is 10.5 Å². The molecule has 0 aliphatic heterocycles. The molecule has 0 amide bonds. The van der Waals surface area contributed by atoms with E-state index in [4.69, 9.17) is 0 Å². The highest BCUT2D eigenvalue weighted by atomic mass is 79.9. The van der Waals surface area contributed by atoms with Crippen LogP contribution in [0.25, 0.3) is 0 Å². The van der Waals surface area contributed by atoms with Crippen LogP contribution in [0.1, 0.15) is 39.7 Å². The van der Waals surface area contributed by atoms with Crippen molar-refractivity contribution in [3.63, 3.8) is 0 Å². The summed E-state index contributed by atoms with van der Waals surface area (Å²) in [6.07, 6.45) is 1.92. The second-order valence-electron chi connectivity index (χ2n) is 5.96. The molecule has 0 heterocycles. The van der Waals surface area contributed by atoms with Gasteiger partial charge in [-0.05, 0) is 48.6 Å². The molecule has 0 saturated heterocycles. The van der Waals surface area contributed by atoms with E-state index < -0.39 is 0 Å². The average molecular weight is 316 g/mol. The Hall–Kier alpha value is -0.410. The zero-order valence-electron chi connectivity index (χ0n) is 11.7. The fourth-order valence-electron chi connectivity index (χ4n) is 2.21. The Balaban J connectivity index is 2.79. The van der Waals surface area contributed by atoms with E-state index in [-0.39, 0.29) is 11.2 Å². The van der Waals surface area contributed by atoms with Crippen molar-refractivity contribution in [2.45, 2.75) is 46.6 Å². The van der Waals surface area contributed by atoms with Gasteiger partial charge < -0.3 is 5.32 Å². The fourth-order valence-corrected chi connectivity index (χ4v) is 2.62. The summed E-state index contributed by atoms with van der Waals surface area (Å²) in [5.41, 5.74) is 1.30. The molecule has 102 valence electrons. The van der Waals surface area contributed by atoms with E-state index >= 15 is 0 Å². The van der Waals surface area contributed by atoms with Crippen molar-refractivity contribution in [2.24, 2.45) is 5.41 Å². The van der Waals surface area contributed by atoms with Crippen molar-refractivity contribution in [2.75, 3.05) is 6.54 Å². The molecule has 1 N–H and O–H groups in total. The Bertz CT molecular complexity index is 385. The highest BCUT2D eigenvalue weighted by Gasteiger charge is 2.19. The largest absolute Gasteiger partial charge is 0.314 e. The standard InChI is InChI=1S/C15H23BrFN/c1-5-18-13(10-15(2,3)4)9-11-8-12(17)6-7-14(11)16/h6-8,13,18H,5,9-10H2,1-4H3. The van der Waals surface area contributed by atoms with Crippen molar-refractivity contribution in [1.82, 2.24) is 5.32 Å². The number of hydrogen-bond donors (Lipinski definition) is 1. The Labute approximate surface area is 118 Å². The SMILES string of the molecule is CCNC(Cc1cc(F)ccc1Br)CC(C)(C)C. The molecule has 1 atom stereocenters. The molecule has 1 nitrogen and oxygen atoms in total. The molecule has 1 aromatic rings. The van der Waals surface area contributed by atoms with Gasteiger partial charge in [-0.25, -0.2) is 4.39 Å². The maximum atomic E-state index is 13.3. The average Bonchev–Trinajstić information content (AvgIpc) is 2.21. The first-order valence-electron chi connectivity index (χ1n) is 6.49. The molecule has 0 bridgehead atoms. The van der Waals surface area contributed by atoms with Gasteiger partial charge in [0.25, 0.3) is 0 Å². The molecule has 0 aromatic heterocycles. The first-order chi connectivity index (χ1) is 8.31. The minimum Gasteiger partial charge on any atom is -0.314 e. The van der Waals surface area contributed by atoms with Crippen LogP contribution >= 0.6 is 15.9 Å². The molecule has 1 unspecified atom stereocenters. The van der Waals surface area contributed by atoms with Crippen molar-refractivity contribution >= 4 is 15.9 Å². The van der Waals surface area contributed by atoms with Gasteiger partial charge in [0.05, 0.1) is 0 Å². The summed E-state index contributed by atoms with van der Waals surface area (Å²) < 4.78 is 14.3. The lowest BCUT2D eigenvalue weighted by Crippen LogP contribution is -2.34. The Morgan fingerprint density at radius 1 is 1.33 bits per heavy atom. The number of halogens is 2. The van der Waals surface area contributed by atoms with Gasteiger partial charge in [0.1, 0.15) is 5.82 Å². The second-order valence-corrected chi connectivity index (χ2v) is 6.81. The molecule has 0 aliphatic carbocycles. The smallest absolute Gasteiger partial charge is 0.123 e. The Morgan fingerprint density at radius 2 is 2.00 bits per heavy atom. The molecule has 0 aliphatic rings. The van der Waals surface area contributed by atoms with E-state index in [1.165, 1.54) is 6.07 Å². The van der Waals surface area contributed by atoms with Gasteiger partial charge in [-0.2, -0.15) is 0 Å². The second kappa shape index (κ2) is 6.67. The maximum Gasteiger partial charge on any atom is 0.123 e. The minimum absolute atomic E-state index is 0.167. The van der Waals surface area contributed by atoms with Crippen LogP contribution in [-0.2, 0) is 6.42 Å². The quantitative estimate of drug-likeness (QED) is 0.840. The number of benzene rings is 1. The van der Waals surface area contributed by atoms with Gasteiger partial charge in [-0.3, -0.25) is 0 Å². The zero-order chi connectivity index (χ0) is 13.8. The van der Waals surface area contributed by atoms with Crippen molar-refractivity contribution < 1.29 is 4.39 Å². The molecule has 0 radical (unpaired) electrons. The van der Waals surface area contributed by atoms with Gasteiger partial charge in [0.15, 0.2) is 0 Å². The van der Waals surface area contributed by atoms with Crippen molar-refractivity contribution in [3.05, 3.63) is 34.1 Å². The van der Waals surface area contributed by atoms with Crippen LogP contribution in [0.15, 0.2) is 22.7 Å². The number of hydrogen-bond acceptors (Lipinski definition) is 1. The van der Waals surface area contributed by atoms with E-state index in [9.17, 15) is 4.39 Å². The lowest BCUT2D eigenvalue weighted by Gasteiger charge is -2.27. The summed E-state index contributed by atoms with van der Waals surface area (Å²) in [6, 6.07) is 5.27. The first kappa shape index (κ1) is 15.6. The summed E-state index contributed by atoms with van der Waals surface area (Å²) in [7, 11) is 0. The summed E-state index contributed by atoms with van der Waals surface area (Å²) >= 11 is 3.50. The summed E-state index contributed by atoms with van der Waals surface area (Å²) in [5.74, 6) is -0.167. The van der Waals surface area contributed by atoms with Gasteiger partial charge in [0.2, 0.25) is 0 Å². The minimum atomic E-state index is -0.167. The summed E-state index contributed by atoms with van der Waals surface area (Å²) in [4.78, 5) is 0. The number of nitrogens with one attached hydrogen (secondary N) is 1. The lowest BCUT2D eigenvalue weighted by atomic mass is 9.86. The van der Waals surface area contributed by atoms with Crippen LogP contribution in [0.5, 0.6) is 0 Å². The lowest BCUT2D eigenvalue weighted by molar-refractivity contribution is 0.309. The normalized spacial score (nSPS) is 13.7. The van der Waals surface area contributed by atoms with E-state index in [1.807, 2.05) is 0 Å². The fraction of sp³-hybridized carbons (Fsp3) is 0.600. The third-order valence-corrected chi connectivity index (χ3v) is 3.60. The van der Waals surface area contributed by atoms with Crippen LogP contribution < -0.4 is 5.32 Å². The highest BCUT2D eigenvalue weighted by Crippen LogP contribution is 2.25. The molecule has 1 rings (SSSR count). The monoisotopic (exact) mass is 315 g/mol. The van der Waals surface area contributed by atoms with Crippen molar-refractivity contribution in [3.8, 4) is 0 Å². The zero-order valence-corrected chi connectivity index (χ0v) is 13.3. The maximum absolute atomic E-state index is 13.3. The molecule has 0 spiro atoms. The van der Waals surface area contributed by atoms with Gasteiger partial charge >= 0.3 is 0 Å². The van der Waals surface area contributed by atoms with E-state index in [2.05, 4.69) is 48.9 Å². The first-order valence-corrected chi connectivity index (χ1v) is 7.28. The van der Waals surface area contributed by atoms with Crippen molar-refractivity contribution in [1.29, 1.82) is 0 Å². The predicted octanol–water partition coefficient (Wildman–Crippen LogP) is 4.55. The molecule has 0 fully saturated rings. The van der Waals surface area contributed by atoms with Crippen LogP contribution in [0.4, 0.5) is 4.39 Å². The van der Waals surface area contributed by atoms with E-state index in [0.29, 0.717) is 6.04 Å². The van der Waals surface area contributed by atoms with E-state index in [1.54, 1.807) is 12.1 Å². The molecule has 3 heteroatoms. The van der Waals surface area contributed by atoms with Crippen LogP contribution in [-0.4, -0.2) is 12.6 Å². The molecule has 1 aromatic carbocycles. The molecule has 0 saturated carbocycles. The molecular formula is C15H23BrFN.